The third-order valence-electron chi connectivity index (χ3n) is 1.27. The van der Waals surface area contributed by atoms with E-state index in [2.05, 4.69) is 4.98 Å². The van der Waals surface area contributed by atoms with Gasteiger partial charge in [0.25, 0.3) is 0 Å². The van der Waals surface area contributed by atoms with Gasteiger partial charge >= 0.3 is 5.97 Å². The molecule has 0 atom stereocenters. The number of hydrogen-bond acceptors (Lipinski definition) is 3. The summed E-state index contributed by atoms with van der Waals surface area (Å²) in [5.41, 5.74) is 0.112. The van der Waals surface area contributed by atoms with E-state index in [9.17, 15) is 4.79 Å². The van der Waals surface area contributed by atoms with Crippen LogP contribution >= 0.6 is 22.6 Å². The Labute approximate surface area is 82.7 Å². The van der Waals surface area contributed by atoms with Gasteiger partial charge in [0.05, 0.1) is 7.11 Å². The van der Waals surface area contributed by atoms with Gasteiger partial charge in [-0.15, -0.1) is 0 Å². The van der Waals surface area contributed by atoms with Crippen molar-refractivity contribution in [2.75, 3.05) is 7.11 Å². The molecule has 1 aromatic heterocycles. The minimum atomic E-state index is -1.02. The summed E-state index contributed by atoms with van der Waals surface area (Å²) < 4.78 is 5.41. The molecule has 0 fully saturated rings. The summed E-state index contributed by atoms with van der Waals surface area (Å²) in [6, 6.07) is 1.62. The summed E-state index contributed by atoms with van der Waals surface area (Å²) in [6.45, 7) is 0. The number of pyridine rings is 1. The SMILES string of the molecule is COc1nccc(I)c1C(=O)O. The lowest BCUT2D eigenvalue weighted by Gasteiger charge is -2.03. The summed E-state index contributed by atoms with van der Waals surface area (Å²) in [5.74, 6) is -0.876. The summed E-state index contributed by atoms with van der Waals surface area (Å²) in [4.78, 5) is 14.4. The normalized spacial score (nSPS) is 9.50. The van der Waals surface area contributed by atoms with Crippen LogP contribution < -0.4 is 4.74 Å². The second-order valence-corrected chi connectivity index (χ2v) is 3.14. The monoisotopic (exact) mass is 279 g/mol. The van der Waals surface area contributed by atoms with Crippen molar-refractivity contribution in [3.63, 3.8) is 0 Å². The van der Waals surface area contributed by atoms with Gasteiger partial charge in [-0.25, -0.2) is 9.78 Å². The van der Waals surface area contributed by atoms with Crippen molar-refractivity contribution >= 4 is 28.6 Å². The van der Waals surface area contributed by atoms with E-state index in [1.165, 1.54) is 13.3 Å². The van der Waals surface area contributed by atoms with Crippen LogP contribution in [0.25, 0.3) is 0 Å². The molecule has 0 aliphatic heterocycles. The van der Waals surface area contributed by atoms with Gasteiger partial charge in [0.15, 0.2) is 0 Å². The van der Waals surface area contributed by atoms with E-state index in [4.69, 9.17) is 9.84 Å². The lowest BCUT2D eigenvalue weighted by atomic mass is 10.3. The summed E-state index contributed by atoms with van der Waals surface area (Å²) >= 11 is 1.92. The third-order valence-corrected chi connectivity index (χ3v) is 2.17. The van der Waals surface area contributed by atoms with Crippen molar-refractivity contribution in [3.05, 3.63) is 21.4 Å². The molecule has 1 rings (SSSR count). The van der Waals surface area contributed by atoms with E-state index in [0.29, 0.717) is 3.57 Å². The number of ether oxygens (including phenoxy) is 1. The predicted molar refractivity (Wildman–Crippen MR) is 50.5 cm³/mol. The molecule has 0 aliphatic carbocycles. The van der Waals surface area contributed by atoms with Crippen molar-refractivity contribution in [3.8, 4) is 5.88 Å². The van der Waals surface area contributed by atoms with E-state index >= 15 is 0 Å². The average molecular weight is 279 g/mol. The van der Waals surface area contributed by atoms with Crippen LogP contribution in [0.15, 0.2) is 12.3 Å². The van der Waals surface area contributed by atoms with Gasteiger partial charge < -0.3 is 9.84 Å². The minimum absolute atomic E-state index is 0.112. The number of methoxy groups -OCH3 is 1. The first-order valence-corrected chi connectivity index (χ1v) is 4.16. The van der Waals surface area contributed by atoms with Crippen molar-refractivity contribution in [1.82, 2.24) is 4.98 Å². The van der Waals surface area contributed by atoms with Crippen LogP contribution in [0.4, 0.5) is 0 Å². The molecule has 0 saturated carbocycles. The minimum Gasteiger partial charge on any atom is -0.480 e. The molecule has 0 bridgehead atoms. The fourth-order valence-corrected chi connectivity index (χ4v) is 1.39. The highest BCUT2D eigenvalue weighted by atomic mass is 127. The van der Waals surface area contributed by atoms with Crippen LogP contribution in [-0.2, 0) is 0 Å². The standard InChI is InChI=1S/C7H6INO3/c1-12-6-5(7(10)11)4(8)2-3-9-6/h2-3H,1H3,(H,10,11). The summed E-state index contributed by atoms with van der Waals surface area (Å²) in [5, 5.41) is 8.75. The Morgan fingerprint density at radius 1 is 1.75 bits per heavy atom. The number of carboxylic acid groups (broad SMARTS) is 1. The molecule has 0 radical (unpaired) electrons. The highest BCUT2D eigenvalue weighted by Gasteiger charge is 2.15. The molecular formula is C7H6INO3. The number of halogens is 1. The van der Waals surface area contributed by atoms with Crippen molar-refractivity contribution in [2.24, 2.45) is 0 Å². The molecule has 0 aliphatic rings. The molecule has 1 heterocycles. The zero-order chi connectivity index (χ0) is 9.14. The Morgan fingerprint density at radius 2 is 2.42 bits per heavy atom. The molecule has 0 aromatic carbocycles. The van der Waals surface area contributed by atoms with Gasteiger partial charge in [-0.1, -0.05) is 0 Å². The third kappa shape index (κ3) is 1.66. The zero-order valence-electron chi connectivity index (χ0n) is 6.24. The van der Waals surface area contributed by atoms with Gasteiger partial charge in [0.2, 0.25) is 5.88 Å². The maximum atomic E-state index is 10.7. The smallest absolute Gasteiger partial charge is 0.342 e. The number of carboxylic acids is 1. The molecule has 5 heteroatoms. The van der Waals surface area contributed by atoms with Gasteiger partial charge in [0.1, 0.15) is 5.56 Å². The molecule has 4 nitrogen and oxygen atoms in total. The molecular weight excluding hydrogens is 273 g/mol. The van der Waals surface area contributed by atoms with Crippen LogP contribution in [0, 0.1) is 3.57 Å². The molecule has 1 N–H and O–H groups in total. The lowest BCUT2D eigenvalue weighted by molar-refractivity contribution is 0.0691. The van der Waals surface area contributed by atoms with E-state index in [1.54, 1.807) is 6.07 Å². The van der Waals surface area contributed by atoms with E-state index < -0.39 is 5.97 Å². The van der Waals surface area contributed by atoms with Crippen molar-refractivity contribution in [2.45, 2.75) is 0 Å². The van der Waals surface area contributed by atoms with E-state index in [0.717, 1.165) is 0 Å². The fourth-order valence-electron chi connectivity index (χ4n) is 0.769. The van der Waals surface area contributed by atoms with Gasteiger partial charge in [-0.2, -0.15) is 0 Å². The Kier molecular flexibility index (Phi) is 2.85. The Hall–Kier alpha value is -0.850. The maximum Gasteiger partial charge on any atom is 0.342 e. The number of carbonyl (C=O) groups is 1. The average Bonchev–Trinajstić information content (AvgIpc) is 2.03. The predicted octanol–water partition coefficient (Wildman–Crippen LogP) is 1.39. The largest absolute Gasteiger partial charge is 0.480 e. The zero-order valence-corrected chi connectivity index (χ0v) is 8.40. The van der Waals surface area contributed by atoms with Crippen LogP contribution in [0.3, 0.4) is 0 Å². The van der Waals surface area contributed by atoms with Crippen LogP contribution in [0.2, 0.25) is 0 Å². The second-order valence-electron chi connectivity index (χ2n) is 1.98. The molecule has 0 saturated heterocycles. The maximum absolute atomic E-state index is 10.7. The highest BCUT2D eigenvalue weighted by Crippen LogP contribution is 2.20. The highest BCUT2D eigenvalue weighted by molar-refractivity contribution is 14.1. The number of aromatic nitrogens is 1. The van der Waals surface area contributed by atoms with E-state index in [1.807, 2.05) is 22.6 Å². The first-order chi connectivity index (χ1) is 5.66. The molecule has 0 spiro atoms. The molecule has 64 valence electrons. The number of hydrogen-bond donors (Lipinski definition) is 1. The fraction of sp³-hybridized carbons (Fsp3) is 0.143. The molecule has 12 heavy (non-hydrogen) atoms. The summed E-state index contributed by atoms with van der Waals surface area (Å²) in [6.07, 6.45) is 1.51. The van der Waals surface area contributed by atoms with Crippen molar-refractivity contribution in [1.29, 1.82) is 0 Å². The van der Waals surface area contributed by atoms with Crippen LogP contribution in [-0.4, -0.2) is 23.2 Å². The topological polar surface area (TPSA) is 59.4 Å². The Morgan fingerprint density at radius 3 is 2.83 bits per heavy atom. The first-order valence-electron chi connectivity index (χ1n) is 3.08. The molecule has 1 aromatic rings. The molecule has 0 unspecified atom stereocenters. The molecule has 0 amide bonds. The van der Waals surface area contributed by atoms with Crippen LogP contribution in [0.1, 0.15) is 10.4 Å². The number of nitrogens with zero attached hydrogens (tertiary/aromatic N) is 1. The number of aromatic carboxylic acids is 1. The van der Waals surface area contributed by atoms with Crippen LogP contribution in [0.5, 0.6) is 5.88 Å². The van der Waals surface area contributed by atoms with Gasteiger partial charge in [-0.05, 0) is 28.7 Å². The van der Waals surface area contributed by atoms with E-state index in [-0.39, 0.29) is 11.4 Å². The first kappa shape index (κ1) is 9.24. The second kappa shape index (κ2) is 3.70. The Bertz CT molecular complexity index is 314. The van der Waals surface area contributed by atoms with Gasteiger partial charge in [-0.3, -0.25) is 0 Å². The Balaban J connectivity index is 3.29. The summed E-state index contributed by atoms with van der Waals surface area (Å²) in [7, 11) is 1.39. The van der Waals surface area contributed by atoms with Gasteiger partial charge in [0, 0.05) is 9.77 Å². The van der Waals surface area contributed by atoms with Crippen molar-refractivity contribution < 1.29 is 14.6 Å². The lowest BCUT2D eigenvalue weighted by Crippen LogP contribution is -2.04. The quantitative estimate of drug-likeness (QED) is 0.831. The number of rotatable bonds is 2.